The van der Waals surface area contributed by atoms with E-state index in [9.17, 15) is 0 Å². The van der Waals surface area contributed by atoms with Crippen molar-refractivity contribution in [3.8, 4) is 10.7 Å². The van der Waals surface area contributed by atoms with Crippen molar-refractivity contribution in [1.82, 2.24) is 20.0 Å². The van der Waals surface area contributed by atoms with Gasteiger partial charge < -0.3 is 5.32 Å². The molecule has 0 saturated heterocycles. The van der Waals surface area contributed by atoms with Crippen molar-refractivity contribution in [2.24, 2.45) is 7.05 Å². The number of para-hydroxylation sites is 1. The van der Waals surface area contributed by atoms with Crippen LogP contribution < -0.4 is 5.32 Å². The lowest BCUT2D eigenvalue weighted by atomic mass is 10.3. The van der Waals surface area contributed by atoms with Crippen LogP contribution in [0.5, 0.6) is 0 Å². The molecule has 0 unspecified atom stereocenters. The average Bonchev–Trinajstić information content (AvgIpc) is 3.04. The maximum atomic E-state index is 6.37. The van der Waals surface area contributed by atoms with Crippen LogP contribution in [0.1, 0.15) is 12.6 Å². The molecule has 0 atom stereocenters. The number of hydrogen-bond acceptors (Lipinski definition) is 5. The average molecular weight is 320 g/mol. The molecule has 0 radical (unpaired) electrons. The Labute approximate surface area is 131 Å². The van der Waals surface area contributed by atoms with Crippen LogP contribution in [0.2, 0.25) is 5.02 Å². The third-order valence-corrected chi connectivity index (χ3v) is 4.29. The molecule has 0 spiro atoms. The minimum atomic E-state index is 0.655. The molecular formula is C14H14ClN5S. The van der Waals surface area contributed by atoms with Gasteiger partial charge in [-0.25, -0.2) is 0 Å². The molecule has 108 valence electrons. The van der Waals surface area contributed by atoms with E-state index in [1.165, 1.54) is 11.3 Å². The first-order valence-electron chi connectivity index (χ1n) is 6.56. The molecule has 1 aromatic carbocycles. The summed E-state index contributed by atoms with van der Waals surface area (Å²) in [7, 11) is 1.87. The second-order valence-corrected chi connectivity index (χ2v) is 5.85. The number of aromatic nitrogens is 4. The van der Waals surface area contributed by atoms with Crippen molar-refractivity contribution in [2.45, 2.75) is 13.3 Å². The van der Waals surface area contributed by atoms with Gasteiger partial charge in [0.15, 0.2) is 5.01 Å². The molecule has 3 rings (SSSR count). The smallest absolute Gasteiger partial charge is 0.210 e. The molecular weight excluding hydrogens is 306 g/mol. The van der Waals surface area contributed by atoms with Gasteiger partial charge in [0.1, 0.15) is 5.69 Å². The van der Waals surface area contributed by atoms with Crippen LogP contribution >= 0.6 is 22.9 Å². The van der Waals surface area contributed by atoms with E-state index in [0.29, 0.717) is 5.02 Å². The third kappa shape index (κ3) is 2.77. The van der Waals surface area contributed by atoms with Crippen LogP contribution in [-0.2, 0) is 13.5 Å². The van der Waals surface area contributed by atoms with Gasteiger partial charge in [-0.3, -0.25) is 4.68 Å². The quantitative estimate of drug-likeness (QED) is 0.792. The third-order valence-electron chi connectivity index (χ3n) is 3.04. The largest absolute Gasteiger partial charge is 0.330 e. The Kier molecular flexibility index (Phi) is 3.90. The first kappa shape index (κ1) is 14.0. The van der Waals surface area contributed by atoms with Gasteiger partial charge in [-0.2, -0.15) is 5.10 Å². The lowest BCUT2D eigenvalue weighted by molar-refractivity contribution is 0.751. The van der Waals surface area contributed by atoms with E-state index in [2.05, 4.69) is 20.6 Å². The number of nitrogens with zero attached hydrogens (tertiary/aromatic N) is 4. The minimum absolute atomic E-state index is 0.655. The highest BCUT2D eigenvalue weighted by molar-refractivity contribution is 7.18. The van der Waals surface area contributed by atoms with Gasteiger partial charge in [-0.05, 0) is 18.6 Å². The molecule has 1 N–H and O–H groups in total. The minimum Gasteiger partial charge on any atom is -0.330 e. The fourth-order valence-electron chi connectivity index (χ4n) is 2.03. The Morgan fingerprint density at radius 2 is 2.00 bits per heavy atom. The number of hydrogen-bond donors (Lipinski definition) is 1. The standard InChI is InChI=1S/C14H14ClN5S/c1-3-10-11(15)12(20(2)19-10)13-17-18-14(21-13)16-9-7-5-4-6-8-9/h4-8H,3H2,1-2H3,(H,16,18). The molecule has 2 heterocycles. The lowest BCUT2D eigenvalue weighted by Crippen LogP contribution is -1.94. The molecule has 0 bridgehead atoms. The lowest BCUT2D eigenvalue weighted by Gasteiger charge is -1.99. The highest BCUT2D eigenvalue weighted by atomic mass is 35.5. The summed E-state index contributed by atoms with van der Waals surface area (Å²) in [4.78, 5) is 0. The summed E-state index contributed by atoms with van der Waals surface area (Å²) in [6, 6.07) is 9.87. The second kappa shape index (κ2) is 5.83. The molecule has 3 aromatic rings. The summed E-state index contributed by atoms with van der Waals surface area (Å²) in [6.07, 6.45) is 0.792. The normalized spacial score (nSPS) is 10.8. The molecule has 0 fully saturated rings. The fourth-order valence-corrected chi connectivity index (χ4v) is 3.31. The van der Waals surface area contributed by atoms with E-state index in [1.54, 1.807) is 4.68 Å². The monoisotopic (exact) mass is 319 g/mol. The number of nitrogens with one attached hydrogen (secondary N) is 1. The Morgan fingerprint density at radius 1 is 1.24 bits per heavy atom. The Morgan fingerprint density at radius 3 is 2.67 bits per heavy atom. The Bertz CT molecular complexity index is 750. The van der Waals surface area contributed by atoms with Crippen molar-refractivity contribution < 1.29 is 0 Å². The van der Waals surface area contributed by atoms with Gasteiger partial charge in [0.25, 0.3) is 0 Å². The molecule has 2 aromatic heterocycles. The zero-order valence-corrected chi connectivity index (χ0v) is 13.2. The maximum Gasteiger partial charge on any atom is 0.210 e. The van der Waals surface area contributed by atoms with E-state index in [0.717, 1.165) is 33.6 Å². The number of aryl methyl sites for hydroxylation is 2. The molecule has 0 aliphatic heterocycles. The highest BCUT2D eigenvalue weighted by Gasteiger charge is 2.18. The molecule has 0 amide bonds. The molecule has 7 heteroatoms. The van der Waals surface area contributed by atoms with Crippen molar-refractivity contribution in [2.75, 3.05) is 5.32 Å². The van der Waals surface area contributed by atoms with E-state index in [-0.39, 0.29) is 0 Å². The van der Waals surface area contributed by atoms with Gasteiger partial charge in [0.2, 0.25) is 5.13 Å². The van der Waals surface area contributed by atoms with E-state index >= 15 is 0 Å². The molecule has 0 saturated carbocycles. The number of halogens is 1. The number of anilines is 2. The summed E-state index contributed by atoms with van der Waals surface area (Å²) in [6.45, 7) is 2.03. The van der Waals surface area contributed by atoms with Crippen molar-refractivity contribution >= 4 is 33.8 Å². The van der Waals surface area contributed by atoms with Gasteiger partial charge in [-0.15, -0.1) is 10.2 Å². The predicted molar refractivity (Wildman–Crippen MR) is 86.2 cm³/mol. The van der Waals surface area contributed by atoms with Gasteiger partial charge in [0, 0.05) is 12.7 Å². The van der Waals surface area contributed by atoms with E-state index in [4.69, 9.17) is 11.6 Å². The van der Waals surface area contributed by atoms with Gasteiger partial charge in [0.05, 0.1) is 10.7 Å². The van der Waals surface area contributed by atoms with Gasteiger partial charge in [-0.1, -0.05) is 48.1 Å². The summed E-state index contributed by atoms with van der Waals surface area (Å²) in [5, 5.41) is 18.1. The molecule has 5 nitrogen and oxygen atoms in total. The number of rotatable bonds is 4. The van der Waals surface area contributed by atoms with E-state index < -0.39 is 0 Å². The SMILES string of the molecule is CCc1nn(C)c(-c2nnc(Nc3ccccc3)s2)c1Cl. The van der Waals surface area contributed by atoms with Crippen molar-refractivity contribution in [3.05, 3.63) is 41.0 Å². The summed E-state index contributed by atoms with van der Waals surface area (Å²) in [5.41, 5.74) is 2.67. The zero-order chi connectivity index (χ0) is 14.8. The molecule has 0 aliphatic carbocycles. The highest BCUT2D eigenvalue weighted by Crippen LogP contribution is 2.34. The van der Waals surface area contributed by atoms with Crippen LogP contribution in [0.4, 0.5) is 10.8 Å². The fraction of sp³-hybridized carbons (Fsp3) is 0.214. The van der Waals surface area contributed by atoms with Crippen LogP contribution in [0, 0.1) is 0 Å². The van der Waals surface area contributed by atoms with Crippen molar-refractivity contribution in [3.63, 3.8) is 0 Å². The van der Waals surface area contributed by atoms with Crippen LogP contribution in [0.3, 0.4) is 0 Å². The second-order valence-electron chi connectivity index (χ2n) is 4.49. The van der Waals surface area contributed by atoms with Crippen LogP contribution in [0.25, 0.3) is 10.7 Å². The van der Waals surface area contributed by atoms with Gasteiger partial charge >= 0.3 is 0 Å². The van der Waals surface area contributed by atoms with Crippen LogP contribution in [-0.4, -0.2) is 20.0 Å². The molecule has 0 aliphatic rings. The summed E-state index contributed by atoms with van der Waals surface area (Å²) >= 11 is 7.82. The zero-order valence-electron chi connectivity index (χ0n) is 11.7. The van der Waals surface area contributed by atoms with Crippen molar-refractivity contribution in [1.29, 1.82) is 0 Å². The summed E-state index contributed by atoms with van der Waals surface area (Å²) < 4.78 is 1.76. The first-order valence-corrected chi connectivity index (χ1v) is 7.75. The summed E-state index contributed by atoms with van der Waals surface area (Å²) in [5.74, 6) is 0. The topological polar surface area (TPSA) is 55.6 Å². The molecule has 21 heavy (non-hydrogen) atoms. The number of benzene rings is 1. The Hall–Kier alpha value is -1.92. The van der Waals surface area contributed by atoms with Crippen LogP contribution in [0.15, 0.2) is 30.3 Å². The Balaban J connectivity index is 1.90. The predicted octanol–water partition coefficient (Wildman–Crippen LogP) is 3.90. The first-order chi connectivity index (χ1) is 10.2. The van der Waals surface area contributed by atoms with E-state index in [1.807, 2.05) is 44.3 Å². The maximum absolute atomic E-state index is 6.37.